The molecule has 0 aliphatic carbocycles. The van der Waals surface area contributed by atoms with Gasteiger partial charge in [0, 0.05) is 13.2 Å². The Balaban J connectivity index is 1.86. The summed E-state index contributed by atoms with van der Waals surface area (Å²) in [5, 5.41) is 3.40. The summed E-state index contributed by atoms with van der Waals surface area (Å²) >= 11 is 0. The van der Waals surface area contributed by atoms with Gasteiger partial charge in [-0.15, -0.1) is 0 Å². The first-order chi connectivity index (χ1) is 5.43. The third-order valence-corrected chi connectivity index (χ3v) is 2.10. The molecule has 0 aromatic rings. The fourth-order valence-electron chi connectivity index (χ4n) is 1.37. The van der Waals surface area contributed by atoms with Crippen LogP contribution in [0.1, 0.15) is 32.6 Å². The Hall–Kier alpha value is -0.0800. The smallest absolute Gasteiger partial charge is 0.0700 e. The number of ether oxygens (including phenoxy) is 1. The van der Waals surface area contributed by atoms with E-state index in [1.54, 1.807) is 0 Å². The summed E-state index contributed by atoms with van der Waals surface area (Å²) in [4.78, 5) is 0. The van der Waals surface area contributed by atoms with Gasteiger partial charge in [-0.1, -0.05) is 13.3 Å². The SMILES string of the molecule is CCCCNC[C@@H]1CCCO1. The van der Waals surface area contributed by atoms with E-state index in [2.05, 4.69) is 12.2 Å². The largest absolute Gasteiger partial charge is 0.377 e. The van der Waals surface area contributed by atoms with Crippen LogP contribution in [0.3, 0.4) is 0 Å². The van der Waals surface area contributed by atoms with Crippen LogP contribution in [0.2, 0.25) is 0 Å². The lowest BCUT2D eigenvalue weighted by Crippen LogP contribution is -2.26. The Bertz CT molecular complexity index is 89.6. The maximum atomic E-state index is 5.47. The molecule has 1 aliphatic heterocycles. The summed E-state index contributed by atoms with van der Waals surface area (Å²) in [6.45, 7) is 5.39. The summed E-state index contributed by atoms with van der Waals surface area (Å²) in [7, 11) is 0. The molecular weight excluding hydrogens is 138 g/mol. The molecule has 2 heteroatoms. The summed E-state index contributed by atoms with van der Waals surface area (Å²) in [6.07, 6.45) is 5.57. The number of rotatable bonds is 5. The quantitative estimate of drug-likeness (QED) is 0.611. The molecule has 1 saturated heterocycles. The van der Waals surface area contributed by atoms with Crippen LogP contribution in [0.15, 0.2) is 0 Å². The van der Waals surface area contributed by atoms with Crippen LogP contribution in [0.25, 0.3) is 0 Å². The van der Waals surface area contributed by atoms with Crippen molar-refractivity contribution in [2.24, 2.45) is 0 Å². The van der Waals surface area contributed by atoms with Crippen molar-refractivity contribution in [3.63, 3.8) is 0 Å². The predicted molar refractivity (Wildman–Crippen MR) is 46.8 cm³/mol. The van der Waals surface area contributed by atoms with Gasteiger partial charge in [-0.3, -0.25) is 0 Å². The Labute approximate surface area is 69.3 Å². The molecule has 0 aromatic carbocycles. The van der Waals surface area contributed by atoms with Crippen molar-refractivity contribution in [2.45, 2.75) is 38.7 Å². The van der Waals surface area contributed by atoms with Crippen molar-refractivity contribution in [1.82, 2.24) is 5.32 Å². The molecule has 0 unspecified atom stereocenters. The van der Waals surface area contributed by atoms with E-state index in [9.17, 15) is 0 Å². The van der Waals surface area contributed by atoms with Gasteiger partial charge in [-0.05, 0) is 25.8 Å². The van der Waals surface area contributed by atoms with Gasteiger partial charge in [0.2, 0.25) is 0 Å². The summed E-state index contributed by atoms with van der Waals surface area (Å²) in [6, 6.07) is 0. The topological polar surface area (TPSA) is 21.3 Å². The zero-order valence-electron chi connectivity index (χ0n) is 7.44. The Morgan fingerprint density at radius 3 is 3.09 bits per heavy atom. The highest BCUT2D eigenvalue weighted by Crippen LogP contribution is 2.10. The van der Waals surface area contributed by atoms with E-state index in [0.29, 0.717) is 6.10 Å². The molecule has 1 heterocycles. The molecule has 0 saturated carbocycles. The first-order valence-corrected chi connectivity index (χ1v) is 4.76. The van der Waals surface area contributed by atoms with Crippen LogP contribution in [-0.2, 0) is 4.74 Å². The second-order valence-corrected chi connectivity index (χ2v) is 3.19. The first-order valence-electron chi connectivity index (χ1n) is 4.76. The molecule has 2 nitrogen and oxygen atoms in total. The highest BCUT2D eigenvalue weighted by atomic mass is 16.5. The first kappa shape index (κ1) is 9.01. The van der Waals surface area contributed by atoms with E-state index in [0.717, 1.165) is 19.7 Å². The van der Waals surface area contributed by atoms with Gasteiger partial charge in [0.05, 0.1) is 6.10 Å². The second kappa shape index (κ2) is 5.56. The molecule has 1 atom stereocenters. The van der Waals surface area contributed by atoms with E-state index in [4.69, 9.17) is 4.74 Å². The molecule has 1 aliphatic rings. The van der Waals surface area contributed by atoms with E-state index in [1.165, 1.54) is 25.7 Å². The highest BCUT2D eigenvalue weighted by molar-refractivity contribution is 4.66. The van der Waals surface area contributed by atoms with Gasteiger partial charge in [0.15, 0.2) is 0 Å². The molecule has 1 rings (SSSR count). The normalized spacial score (nSPS) is 24.3. The summed E-state index contributed by atoms with van der Waals surface area (Å²) in [5.41, 5.74) is 0. The van der Waals surface area contributed by atoms with Crippen LogP contribution in [-0.4, -0.2) is 25.8 Å². The molecule has 1 fully saturated rings. The van der Waals surface area contributed by atoms with Crippen molar-refractivity contribution in [1.29, 1.82) is 0 Å². The Morgan fingerprint density at radius 1 is 1.55 bits per heavy atom. The van der Waals surface area contributed by atoms with Crippen molar-refractivity contribution in [3.05, 3.63) is 0 Å². The molecule has 0 aromatic heterocycles. The lowest BCUT2D eigenvalue weighted by molar-refractivity contribution is 0.110. The van der Waals surface area contributed by atoms with Crippen molar-refractivity contribution in [3.8, 4) is 0 Å². The van der Waals surface area contributed by atoms with Crippen LogP contribution in [0.5, 0.6) is 0 Å². The van der Waals surface area contributed by atoms with E-state index in [1.807, 2.05) is 0 Å². The molecular formula is C9H19NO. The van der Waals surface area contributed by atoms with Crippen LogP contribution in [0, 0.1) is 0 Å². The minimum absolute atomic E-state index is 0.506. The van der Waals surface area contributed by atoms with Crippen molar-refractivity contribution < 1.29 is 4.74 Å². The fourth-order valence-corrected chi connectivity index (χ4v) is 1.37. The third kappa shape index (κ3) is 3.73. The van der Waals surface area contributed by atoms with Gasteiger partial charge >= 0.3 is 0 Å². The molecule has 11 heavy (non-hydrogen) atoms. The minimum Gasteiger partial charge on any atom is -0.377 e. The molecule has 0 spiro atoms. The van der Waals surface area contributed by atoms with Gasteiger partial charge in [0.25, 0.3) is 0 Å². The third-order valence-electron chi connectivity index (χ3n) is 2.10. The lowest BCUT2D eigenvalue weighted by atomic mass is 10.2. The maximum Gasteiger partial charge on any atom is 0.0700 e. The predicted octanol–water partition coefficient (Wildman–Crippen LogP) is 1.56. The average Bonchev–Trinajstić information content (AvgIpc) is 2.50. The monoisotopic (exact) mass is 157 g/mol. The number of hydrogen-bond donors (Lipinski definition) is 1. The van der Waals surface area contributed by atoms with Crippen LogP contribution >= 0.6 is 0 Å². The van der Waals surface area contributed by atoms with Crippen LogP contribution < -0.4 is 5.32 Å². The zero-order valence-corrected chi connectivity index (χ0v) is 7.44. The Morgan fingerprint density at radius 2 is 2.45 bits per heavy atom. The van der Waals surface area contributed by atoms with E-state index >= 15 is 0 Å². The molecule has 0 amide bonds. The van der Waals surface area contributed by atoms with E-state index in [-0.39, 0.29) is 0 Å². The van der Waals surface area contributed by atoms with Gasteiger partial charge in [-0.25, -0.2) is 0 Å². The molecule has 66 valence electrons. The Kier molecular flexibility index (Phi) is 4.55. The van der Waals surface area contributed by atoms with Gasteiger partial charge in [-0.2, -0.15) is 0 Å². The fraction of sp³-hybridized carbons (Fsp3) is 1.00. The average molecular weight is 157 g/mol. The van der Waals surface area contributed by atoms with Gasteiger partial charge < -0.3 is 10.1 Å². The molecule has 0 radical (unpaired) electrons. The molecule has 1 N–H and O–H groups in total. The summed E-state index contributed by atoms with van der Waals surface area (Å²) in [5.74, 6) is 0. The minimum atomic E-state index is 0.506. The summed E-state index contributed by atoms with van der Waals surface area (Å²) < 4.78 is 5.47. The second-order valence-electron chi connectivity index (χ2n) is 3.19. The molecule has 0 bridgehead atoms. The number of hydrogen-bond acceptors (Lipinski definition) is 2. The number of unbranched alkanes of at least 4 members (excludes halogenated alkanes) is 1. The standard InChI is InChI=1S/C9H19NO/c1-2-3-6-10-8-9-5-4-7-11-9/h9-10H,2-8H2,1H3/t9-/m0/s1. The highest BCUT2D eigenvalue weighted by Gasteiger charge is 2.13. The van der Waals surface area contributed by atoms with Crippen molar-refractivity contribution in [2.75, 3.05) is 19.7 Å². The van der Waals surface area contributed by atoms with E-state index < -0.39 is 0 Å². The van der Waals surface area contributed by atoms with Crippen LogP contribution in [0.4, 0.5) is 0 Å². The lowest BCUT2D eigenvalue weighted by Gasteiger charge is -2.09. The van der Waals surface area contributed by atoms with Crippen molar-refractivity contribution >= 4 is 0 Å². The number of nitrogens with one attached hydrogen (secondary N) is 1. The maximum absolute atomic E-state index is 5.47. The van der Waals surface area contributed by atoms with Gasteiger partial charge in [0.1, 0.15) is 0 Å². The zero-order chi connectivity index (χ0) is 7.94.